The molecule has 0 fully saturated rings. The average Bonchev–Trinajstić information content (AvgIpc) is 2.35. The Hall–Kier alpha value is -1.20. The van der Waals surface area contributed by atoms with Gasteiger partial charge in [-0.25, -0.2) is 9.37 Å². The number of aromatic nitrogens is 1. The van der Waals surface area contributed by atoms with Crippen LogP contribution in [0.15, 0.2) is 12.3 Å². The number of hydrogen-bond donors (Lipinski definition) is 1. The first kappa shape index (κ1) is 13.9. The molecule has 0 aliphatic heterocycles. The van der Waals surface area contributed by atoms with Gasteiger partial charge in [0.25, 0.3) is 0 Å². The van der Waals surface area contributed by atoms with E-state index in [9.17, 15) is 4.39 Å². The molecular weight excluding hydrogens is 221 g/mol. The van der Waals surface area contributed by atoms with Crippen molar-refractivity contribution in [3.8, 4) is 0 Å². The lowest BCUT2D eigenvalue weighted by atomic mass is 10.2. The maximum absolute atomic E-state index is 13.0. The number of ether oxygens (including phenoxy) is 1. The van der Waals surface area contributed by atoms with Gasteiger partial charge in [-0.3, -0.25) is 0 Å². The molecule has 1 aromatic rings. The van der Waals surface area contributed by atoms with Crippen LogP contribution in [0.25, 0.3) is 0 Å². The van der Waals surface area contributed by atoms with Gasteiger partial charge in [-0.1, -0.05) is 0 Å². The van der Waals surface area contributed by atoms with E-state index in [0.29, 0.717) is 13.2 Å². The summed E-state index contributed by atoms with van der Waals surface area (Å²) >= 11 is 0. The molecule has 0 aliphatic carbocycles. The first-order valence-corrected chi connectivity index (χ1v) is 5.90. The van der Waals surface area contributed by atoms with Gasteiger partial charge in [0.2, 0.25) is 0 Å². The zero-order valence-corrected chi connectivity index (χ0v) is 10.4. The van der Waals surface area contributed by atoms with Crippen LogP contribution in [-0.4, -0.2) is 31.3 Å². The van der Waals surface area contributed by atoms with Gasteiger partial charge >= 0.3 is 0 Å². The number of anilines is 1. The number of halogens is 1. The van der Waals surface area contributed by atoms with Crippen molar-refractivity contribution in [3.05, 3.63) is 23.6 Å². The Morgan fingerprint density at radius 1 is 1.47 bits per heavy atom. The first-order valence-electron chi connectivity index (χ1n) is 5.90. The molecule has 4 nitrogen and oxygen atoms in total. The van der Waals surface area contributed by atoms with Gasteiger partial charge in [0, 0.05) is 31.8 Å². The molecule has 0 bridgehead atoms. The molecule has 0 saturated carbocycles. The summed E-state index contributed by atoms with van der Waals surface area (Å²) in [4.78, 5) is 6.15. The van der Waals surface area contributed by atoms with Gasteiger partial charge in [-0.2, -0.15) is 0 Å². The highest BCUT2D eigenvalue weighted by molar-refractivity contribution is 5.46. The molecule has 0 amide bonds. The van der Waals surface area contributed by atoms with Crippen molar-refractivity contribution in [2.24, 2.45) is 5.73 Å². The molecule has 0 saturated heterocycles. The summed E-state index contributed by atoms with van der Waals surface area (Å²) in [6.45, 7) is 7.11. The zero-order chi connectivity index (χ0) is 12.7. The molecule has 0 unspecified atom stereocenters. The van der Waals surface area contributed by atoms with Crippen molar-refractivity contribution in [3.63, 3.8) is 0 Å². The fourth-order valence-electron chi connectivity index (χ4n) is 1.64. The lowest BCUT2D eigenvalue weighted by Gasteiger charge is -2.23. The largest absolute Gasteiger partial charge is 0.380 e. The van der Waals surface area contributed by atoms with Gasteiger partial charge in [0.15, 0.2) is 0 Å². The third-order valence-electron chi connectivity index (χ3n) is 2.52. The Labute approximate surface area is 102 Å². The summed E-state index contributed by atoms with van der Waals surface area (Å²) in [6.07, 6.45) is 1.22. The van der Waals surface area contributed by atoms with Crippen LogP contribution in [-0.2, 0) is 11.3 Å². The van der Waals surface area contributed by atoms with E-state index in [-0.39, 0.29) is 12.4 Å². The Morgan fingerprint density at radius 2 is 2.24 bits per heavy atom. The summed E-state index contributed by atoms with van der Waals surface area (Å²) in [5.41, 5.74) is 6.33. The summed E-state index contributed by atoms with van der Waals surface area (Å²) in [5, 5.41) is 0. The van der Waals surface area contributed by atoms with Gasteiger partial charge in [0.05, 0.1) is 12.8 Å². The molecule has 1 aromatic heterocycles. The molecule has 1 heterocycles. The van der Waals surface area contributed by atoms with E-state index in [1.807, 2.05) is 18.7 Å². The average molecular weight is 241 g/mol. The first-order chi connectivity index (χ1) is 8.22. The van der Waals surface area contributed by atoms with Crippen molar-refractivity contribution in [1.82, 2.24) is 4.98 Å². The van der Waals surface area contributed by atoms with Gasteiger partial charge in [0.1, 0.15) is 11.6 Å². The van der Waals surface area contributed by atoms with Crippen LogP contribution in [0.5, 0.6) is 0 Å². The second-order valence-electron chi connectivity index (χ2n) is 3.62. The highest BCUT2D eigenvalue weighted by Gasteiger charge is 2.11. The van der Waals surface area contributed by atoms with Crippen LogP contribution >= 0.6 is 0 Å². The zero-order valence-electron chi connectivity index (χ0n) is 10.4. The molecule has 0 radical (unpaired) electrons. The highest BCUT2D eigenvalue weighted by Crippen LogP contribution is 2.17. The Balaban J connectivity index is 2.79. The van der Waals surface area contributed by atoms with E-state index in [4.69, 9.17) is 10.5 Å². The number of pyridine rings is 1. The standard InChI is InChI=1S/C12H20FN3O/c1-3-16(5-6-17-4-2)12-10(8-14)7-11(13)9-15-12/h7,9H,3-6,8,14H2,1-2H3. The monoisotopic (exact) mass is 241 g/mol. The fraction of sp³-hybridized carbons (Fsp3) is 0.583. The minimum atomic E-state index is -0.352. The number of nitrogens with two attached hydrogens (primary N) is 1. The molecule has 0 spiro atoms. The second kappa shape index (κ2) is 7.19. The number of nitrogens with zero attached hydrogens (tertiary/aromatic N) is 2. The number of likely N-dealkylation sites (N-methyl/N-ethyl adjacent to an activating group) is 1. The Kier molecular flexibility index (Phi) is 5.86. The van der Waals surface area contributed by atoms with E-state index in [1.54, 1.807) is 0 Å². The van der Waals surface area contributed by atoms with Crippen molar-refractivity contribution < 1.29 is 9.13 Å². The van der Waals surface area contributed by atoms with Crippen LogP contribution in [0.1, 0.15) is 19.4 Å². The topological polar surface area (TPSA) is 51.4 Å². The third-order valence-corrected chi connectivity index (χ3v) is 2.52. The number of hydrogen-bond acceptors (Lipinski definition) is 4. The summed E-state index contributed by atoms with van der Waals surface area (Å²) in [5.74, 6) is 0.395. The lowest BCUT2D eigenvalue weighted by Crippen LogP contribution is -2.29. The molecule has 0 aliphatic rings. The smallest absolute Gasteiger partial charge is 0.141 e. The quantitative estimate of drug-likeness (QED) is 0.736. The van der Waals surface area contributed by atoms with Gasteiger partial charge in [-0.05, 0) is 19.9 Å². The van der Waals surface area contributed by atoms with E-state index >= 15 is 0 Å². The van der Waals surface area contributed by atoms with Crippen molar-refractivity contribution in [2.45, 2.75) is 20.4 Å². The maximum atomic E-state index is 13.0. The lowest BCUT2D eigenvalue weighted by molar-refractivity contribution is 0.154. The van der Waals surface area contributed by atoms with Crippen molar-refractivity contribution >= 4 is 5.82 Å². The predicted octanol–water partition coefficient (Wildman–Crippen LogP) is 1.54. The highest BCUT2D eigenvalue weighted by atomic mass is 19.1. The minimum Gasteiger partial charge on any atom is -0.380 e. The third kappa shape index (κ3) is 3.94. The molecule has 5 heteroatoms. The molecule has 96 valence electrons. The van der Waals surface area contributed by atoms with Crippen LogP contribution in [0, 0.1) is 5.82 Å². The normalized spacial score (nSPS) is 10.6. The molecule has 0 aromatic carbocycles. The van der Waals surface area contributed by atoms with Crippen molar-refractivity contribution in [1.29, 1.82) is 0 Å². The van der Waals surface area contributed by atoms with Crippen LogP contribution in [0.4, 0.5) is 10.2 Å². The Morgan fingerprint density at radius 3 is 2.82 bits per heavy atom. The van der Waals surface area contributed by atoms with Crippen LogP contribution in [0.3, 0.4) is 0 Å². The predicted molar refractivity (Wildman–Crippen MR) is 66.5 cm³/mol. The molecule has 2 N–H and O–H groups in total. The van der Waals surface area contributed by atoms with E-state index in [2.05, 4.69) is 4.98 Å². The Bertz CT molecular complexity index is 347. The van der Waals surface area contributed by atoms with Crippen molar-refractivity contribution in [2.75, 3.05) is 31.2 Å². The van der Waals surface area contributed by atoms with E-state index in [0.717, 1.165) is 24.5 Å². The minimum absolute atomic E-state index is 0.283. The molecule has 0 atom stereocenters. The fourth-order valence-corrected chi connectivity index (χ4v) is 1.64. The van der Waals surface area contributed by atoms with Crippen LogP contribution in [0.2, 0.25) is 0 Å². The SMILES string of the molecule is CCOCCN(CC)c1ncc(F)cc1CN. The molecule has 1 rings (SSSR count). The number of rotatable bonds is 7. The summed E-state index contributed by atoms with van der Waals surface area (Å²) < 4.78 is 18.4. The molecule has 17 heavy (non-hydrogen) atoms. The van der Waals surface area contributed by atoms with Crippen LogP contribution < -0.4 is 10.6 Å². The van der Waals surface area contributed by atoms with Gasteiger partial charge in [-0.15, -0.1) is 0 Å². The van der Waals surface area contributed by atoms with E-state index in [1.165, 1.54) is 12.3 Å². The second-order valence-corrected chi connectivity index (χ2v) is 3.62. The van der Waals surface area contributed by atoms with E-state index < -0.39 is 0 Å². The maximum Gasteiger partial charge on any atom is 0.141 e. The summed E-state index contributed by atoms with van der Waals surface area (Å²) in [7, 11) is 0. The summed E-state index contributed by atoms with van der Waals surface area (Å²) in [6, 6.07) is 1.44. The van der Waals surface area contributed by atoms with Gasteiger partial charge < -0.3 is 15.4 Å². The molecular formula is C12H20FN3O.